The number of rotatable bonds is 3. The molecule has 20 heavy (non-hydrogen) atoms. The first kappa shape index (κ1) is 14.6. The summed E-state index contributed by atoms with van der Waals surface area (Å²) >= 11 is 11.5. The van der Waals surface area contributed by atoms with Gasteiger partial charge < -0.3 is 5.32 Å². The third-order valence-electron chi connectivity index (χ3n) is 2.46. The van der Waals surface area contributed by atoms with Crippen LogP contribution >= 0.6 is 23.2 Å². The van der Waals surface area contributed by atoms with Crippen LogP contribution in [0.3, 0.4) is 0 Å². The van der Waals surface area contributed by atoms with E-state index >= 15 is 0 Å². The van der Waals surface area contributed by atoms with Gasteiger partial charge in [0, 0.05) is 16.1 Å². The molecule has 0 aliphatic heterocycles. The van der Waals surface area contributed by atoms with Gasteiger partial charge in [0.15, 0.2) is 0 Å². The molecule has 2 aromatic carbocycles. The molecule has 0 unspecified atom stereocenters. The van der Waals surface area contributed by atoms with Gasteiger partial charge in [-0.3, -0.25) is 4.79 Å². The van der Waals surface area contributed by atoms with Crippen LogP contribution in [-0.2, 0) is 4.79 Å². The minimum absolute atomic E-state index is 0.0788. The Balaban J connectivity index is 2.05. The van der Waals surface area contributed by atoms with Gasteiger partial charge in [0.25, 0.3) is 0 Å². The van der Waals surface area contributed by atoms with E-state index < -0.39 is 11.7 Å². The Kier molecular flexibility index (Phi) is 4.77. The summed E-state index contributed by atoms with van der Waals surface area (Å²) in [6.45, 7) is 0. The van der Waals surface area contributed by atoms with E-state index in [-0.39, 0.29) is 10.7 Å². The largest absolute Gasteiger partial charge is 0.320 e. The molecular weight excluding hydrogens is 300 g/mol. The molecule has 2 nitrogen and oxygen atoms in total. The van der Waals surface area contributed by atoms with E-state index in [9.17, 15) is 9.18 Å². The van der Waals surface area contributed by atoms with E-state index in [1.54, 1.807) is 30.3 Å². The van der Waals surface area contributed by atoms with Gasteiger partial charge in [0.1, 0.15) is 5.82 Å². The van der Waals surface area contributed by atoms with Crippen molar-refractivity contribution in [1.82, 2.24) is 0 Å². The number of carbonyl (C=O) groups excluding carboxylic acids is 1. The summed E-state index contributed by atoms with van der Waals surface area (Å²) in [4.78, 5) is 11.7. The van der Waals surface area contributed by atoms with Crippen LogP contribution in [0.15, 0.2) is 48.5 Å². The third kappa shape index (κ3) is 4.08. The van der Waals surface area contributed by atoms with Crippen LogP contribution in [0.5, 0.6) is 0 Å². The highest BCUT2D eigenvalue weighted by atomic mass is 35.5. The van der Waals surface area contributed by atoms with Crippen LogP contribution in [0.2, 0.25) is 10.0 Å². The van der Waals surface area contributed by atoms with Crippen molar-refractivity contribution in [2.45, 2.75) is 0 Å². The fraction of sp³-hybridized carbons (Fsp3) is 0. The fourth-order valence-electron chi connectivity index (χ4n) is 1.55. The molecule has 0 aliphatic rings. The van der Waals surface area contributed by atoms with E-state index in [0.29, 0.717) is 5.02 Å². The quantitative estimate of drug-likeness (QED) is 0.812. The van der Waals surface area contributed by atoms with Crippen molar-refractivity contribution in [2.75, 3.05) is 5.32 Å². The van der Waals surface area contributed by atoms with Crippen LogP contribution in [0.4, 0.5) is 10.1 Å². The van der Waals surface area contributed by atoms with E-state index in [1.165, 1.54) is 18.2 Å². The Labute approximate surface area is 125 Å². The maximum absolute atomic E-state index is 13.5. The molecule has 1 amide bonds. The van der Waals surface area contributed by atoms with Crippen molar-refractivity contribution in [1.29, 1.82) is 0 Å². The lowest BCUT2D eigenvalue weighted by Crippen LogP contribution is -2.09. The summed E-state index contributed by atoms with van der Waals surface area (Å²) in [7, 11) is 0. The molecule has 0 spiro atoms. The van der Waals surface area contributed by atoms with Crippen LogP contribution < -0.4 is 5.32 Å². The smallest absolute Gasteiger partial charge is 0.248 e. The van der Waals surface area contributed by atoms with Gasteiger partial charge in [-0.2, -0.15) is 0 Å². The Morgan fingerprint density at radius 3 is 2.55 bits per heavy atom. The summed E-state index contributed by atoms with van der Waals surface area (Å²) in [5, 5.41) is 3.28. The second-order valence-corrected chi connectivity index (χ2v) is 4.87. The first-order chi connectivity index (χ1) is 9.54. The summed E-state index contributed by atoms with van der Waals surface area (Å²) in [5.41, 5.74) is 0.861. The summed E-state index contributed by atoms with van der Waals surface area (Å²) in [6, 6.07) is 11.1. The number of halogens is 3. The number of carbonyl (C=O) groups is 1. The maximum atomic E-state index is 13.5. The Bertz CT molecular complexity index is 671. The average Bonchev–Trinajstić information content (AvgIpc) is 2.40. The number of hydrogen-bond donors (Lipinski definition) is 1. The van der Waals surface area contributed by atoms with E-state index in [2.05, 4.69) is 5.32 Å². The third-order valence-corrected chi connectivity index (χ3v) is 2.94. The molecule has 0 aliphatic carbocycles. The average molecular weight is 310 g/mol. The second-order valence-electron chi connectivity index (χ2n) is 4.00. The van der Waals surface area contributed by atoms with Gasteiger partial charge in [-0.15, -0.1) is 0 Å². The molecule has 0 aromatic heterocycles. The Hall–Kier alpha value is -1.84. The van der Waals surface area contributed by atoms with Crippen molar-refractivity contribution in [3.8, 4) is 0 Å². The van der Waals surface area contributed by atoms with E-state index in [0.717, 1.165) is 11.6 Å². The van der Waals surface area contributed by atoms with Crippen LogP contribution in [0.1, 0.15) is 5.56 Å². The van der Waals surface area contributed by atoms with Gasteiger partial charge in [0.05, 0.1) is 5.69 Å². The van der Waals surface area contributed by atoms with Crippen molar-refractivity contribution in [3.05, 3.63) is 70.0 Å². The predicted octanol–water partition coefficient (Wildman–Crippen LogP) is 4.78. The molecule has 0 fully saturated rings. The Morgan fingerprint density at radius 1 is 1.10 bits per heavy atom. The highest BCUT2D eigenvalue weighted by Gasteiger charge is 2.05. The SMILES string of the molecule is O=C(/C=C/c1cccc(Cl)c1)Nc1ccc(Cl)cc1F. The number of anilines is 1. The molecule has 102 valence electrons. The van der Waals surface area contributed by atoms with Crippen LogP contribution in [0, 0.1) is 5.82 Å². The van der Waals surface area contributed by atoms with Crippen molar-refractivity contribution in [2.24, 2.45) is 0 Å². The molecule has 0 radical (unpaired) electrons. The second kappa shape index (κ2) is 6.55. The summed E-state index contributed by atoms with van der Waals surface area (Å²) < 4.78 is 13.5. The van der Waals surface area contributed by atoms with Gasteiger partial charge in [-0.1, -0.05) is 35.3 Å². The van der Waals surface area contributed by atoms with Gasteiger partial charge >= 0.3 is 0 Å². The first-order valence-corrected chi connectivity index (χ1v) is 6.50. The summed E-state index contributed by atoms with van der Waals surface area (Å²) in [5.74, 6) is -1.02. The lowest BCUT2D eigenvalue weighted by molar-refractivity contribution is -0.111. The lowest BCUT2D eigenvalue weighted by atomic mass is 10.2. The van der Waals surface area contributed by atoms with Crippen LogP contribution in [0.25, 0.3) is 6.08 Å². The molecule has 5 heteroatoms. The lowest BCUT2D eigenvalue weighted by Gasteiger charge is -2.03. The molecular formula is C15H10Cl2FNO. The summed E-state index contributed by atoms with van der Waals surface area (Å²) in [6.07, 6.45) is 2.90. The standard InChI is InChI=1S/C15H10Cl2FNO/c16-11-3-1-2-10(8-11)4-7-15(20)19-14-6-5-12(17)9-13(14)18/h1-9H,(H,19,20)/b7-4+. The molecule has 0 bridgehead atoms. The molecule has 0 atom stereocenters. The van der Waals surface area contributed by atoms with E-state index in [1.807, 2.05) is 0 Å². The highest BCUT2D eigenvalue weighted by molar-refractivity contribution is 6.31. The monoisotopic (exact) mass is 309 g/mol. The maximum Gasteiger partial charge on any atom is 0.248 e. The number of hydrogen-bond acceptors (Lipinski definition) is 1. The first-order valence-electron chi connectivity index (χ1n) is 5.74. The Morgan fingerprint density at radius 2 is 1.85 bits per heavy atom. The van der Waals surface area contributed by atoms with Gasteiger partial charge in [-0.05, 0) is 42.0 Å². The van der Waals surface area contributed by atoms with Gasteiger partial charge in [0.2, 0.25) is 5.91 Å². The topological polar surface area (TPSA) is 29.1 Å². The van der Waals surface area contributed by atoms with Crippen molar-refractivity contribution >= 4 is 40.9 Å². The number of benzene rings is 2. The predicted molar refractivity (Wildman–Crippen MR) is 80.5 cm³/mol. The molecule has 0 heterocycles. The molecule has 2 rings (SSSR count). The molecule has 2 aromatic rings. The van der Waals surface area contributed by atoms with Crippen LogP contribution in [-0.4, -0.2) is 5.91 Å². The fourth-order valence-corrected chi connectivity index (χ4v) is 1.90. The normalized spacial score (nSPS) is 10.8. The minimum Gasteiger partial charge on any atom is -0.320 e. The highest BCUT2D eigenvalue weighted by Crippen LogP contribution is 2.19. The van der Waals surface area contributed by atoms with Crippen molar-refractivity contribution < 1.29 is 9.18 Å². The number of amides is 1. The van der Waals surface area contributed by atoms with Gasteiger partial charge in [-0.25, -0.2) is 4.39 Å². The molecule has 1 N–H and O–H groups in total. The molecule has 0 saturated carbocycles. The zero-order valence-electron chi connectivity index (χ0n) is 10.2. The van der Waals surface area contributed by atoms with Crippen molar-refractivity contribution in [3.63, 3.8) is 0 Å². The zero-order valence-corrected chi connectivity index (χ0v) is 11.8. The number of nitrogens with one attached hydrogen (secondary N) is 1. The zero-order chi connectivity index (χ0) is 14.5. The minimum atomic E-state index is -0.581. The van der Waals surface area contributed by atoms with E-state index in [4.69, 9.17) is 23.2 Å². The molecule has 0 saturated heterocycles.